The van der Waals surface area contributed by atoms with E-state index in [0.29, 0.717) is 17.7 Å². The maximum Gasteiger partial charge on any atom is 0.113 e. The Hall–Kier alpha value is -2.97. The molecule has 120 valence electrons. The Bertz CT molecular complexity index is 862. The van der Waals surface area contributed by atoms with Crippen LogP contribution in [0.4, 0.5) is 0 Å². The highest BCUT2D eigenvalue weighted by Gasteiger charge is 2.16. The van der Waals surface area contributed by atoms with Crippen molar-refractivity contribution in [1.29, 1.82) is 5.26 Å². The van der Waals surface area contributed by atoms with Crippen molar-refractivity contribution in [2.45, 2.75) is 19.4 Å². The summed E-state index contributed by atoms with van der Waals surface area (Å²) in [5, 5.41) is 26.9. The van der Waals surface area contributed by atoms with Crippen LogP contribution in [0, 0.1) is 18.3 Å². The van der Waals surface area contributed by atoms with Crippen LogP contribution in [-0.2, 0) is 0 Å². The molecule has 1 aromatic heterocycles. The van der Waals surface area contributed by atoms with E-state index in [4.69, 9.17) is 5.26 Å². The predicted molar refractivity (Wildman–Crippen MR) is 91.2 cm³/mol. The number of hydrogen-bond acceptors (Lipinski definition) is 4. The number of aliphatic hydroxyl groups excluding tert-OH is 1. The van der Waals surface area contributed by atoms with E-state index in [1.807, 2.05) is 49.5 Å². The Morgan fingerprint density at radius 1 is 1.21 bits per heavy atom. The van der Waals surface area contributed by atoms with Gasteiger partial charge in [0.15, 0.2) is 0 Å². The van der Waals surface area contributed by atoms with E-state index in [9.17, 15) is 5.11 Å². The number of aromatic nitrogens is 3. The van der Waals surface area contributed by atoms with Crippen LogP contribution in [0.3, 0.4) is 0 Å². The molecule has 0 saturated heterocycles. The quantitative estimate of drug-likeness (QED) is 0.784. The van der Waals surface area contributed by atoms with Crippen LogP contribution < -0.4 is 0 Å². The van der Waals surface area contributed by atoms with Gasteiger partial charge in [-0.3, -0.25) is 0 Å². The zero-order valence-electron chi connectivity index (χ0n) is 13.4. The van der Waals surface area contributed by atoms with Crippen molar-refractivity contribution in [2.75, 3.05) is 6.61 Å². The van der Waals surface area contributed by atoms with Gasteiger partial charge in [0.25, 0.3) is 0 Å². The van der Waals surface area contributed by atoms with Crippen molar-refractivity contribution >= 4 is 0 Å². The summed E-state index contributed by atoms with van der Waals surface area (Å²) < 4.78 is 1.77. The largest absolute Gasteiger partial charge is 0.396 e. The molecule has 0 bridgehead atoms. The van der Waals surface area contributed by atoms with Crippen LogP contribution in [0.5, 0.6) is 0 Å². The van der Waals surface area contributed by atoms with Crippen LogP contribution in [0.25, 0.3) is 11.3 Å². The summed E-state index contributed by atoms with van der Waals surface area (Å²) in [4.78, 5) is 0. The van der Waals surface area contributed by atoms with Gasteiger partial charge in [-0.25, -0.2) is 4.68 Å². The molecular formula is C19H18N4O. The summed E-state index contributed by atoms with van der Waals surface area (Å²) in [7, 11) is 0. The zero-order chi connectivity index (χ0) is 16.9. The molecule has 0 spiro atoms. The first-order valence-corrected chi connectivity index (χ1v) is 7.81. The highest BCUT2D eigenvalue weighted by atomic mass is 16.3. The Labute approximate surface area is 140 Å². The third-order valence-corrected chi connectivity index (χ3v) is 3.98. The lowest BCUT2D eigenvalue weighted by molar-refractivity contribution is 0.262. The molecule has 2 aromatic carbocycles. The molecule has 0 aliphatic carbocycles. The summed E-state index contributed by atoms with van der Waals surface area (Å²) >= 11 is 0. The summed E-state index contributed by atoms with van der Waals surface area (Å²) in [5.74, 6) is 0. The second-order valence-corrected chi connectivity index (χ2v) is 5.72. The van der Waals surface area contributed by atoms with Gasteiger partial charge < -0.3 is 5.11 Å². The van der Waals surface area contributed by atoms with Gasteiger partial charge in [-0.15, -0.1) is 5.10 Å². The molecule has 5 nitrogen and oxygen atoms in total. The van der Waals surface area contributed by atoms with Gasteiger partial charge in [0.1, 0.15) is 5.69 Å². The number of rotatable bonds is 5. The average molecular weight is 318 g/mol. The summed E-state index contributed by atoms with van der Waals surface area (Å²) in [6, 6.07) is 17.5. The summed E-state index contributed by atoms with van der Waals surface area (Å²) in [6.07, 6.45) is 2.42. The van der Waals surface area contributed by atoms with E-state index in [-0.39, 0.29) is 12.6 Å². The molecule has 0 radical (unpaired) electrons. The molecule has 0 aliphatic heterocycles. The van der Waals surface area contributed by atoms with Crippen molar-refractivity contribution < 1.29 is 5.11 Å². The van der Waals surface area contributed by atoms with E-state index < -0.39 is 0 Å². The second kappa shape index (κ2) is 7.07. The minimum absolute atomic E-state index is 0.0671. The van der Waals surface area contributed by atoms with Gasteiger partial charge in [0.2, 0.25) is 0 Å². The summed E-state index contributed by atoms with van der Waals surface area (Å²) in [5.41, 5.74) is 4.42. The fourth-order valence-electron chi connectivity index (χ4n) is 2.67. The molecule has 0 unspecified atom stereocenters. The molecule has 0 saturated carbocycles. The van der Waals surface area contributed by atoms with Gasteiger partial charge in [-0.2, -0.15) is 5.26 Å². The third kappa shape index (κ3) is 3.34. The van der Waals surface area contributed by atoms with E-state index in [1.165, 1.54) is 5.56 Å². The smallest absolute Gasteiger partial charge is 0.113 e. The van der Waals surface area contributed by atoms with Gasteiger partial charge in [-0.05, 0) is 31.0 Å². The monoisotopic (exact) mass is 318 g/mol. The lowest BCUT2D eigenvalue weighted by atomic mass is 10.0. The topological polar surface area (TPSA) is 74.7 Å². The van der Waals surface area contributed by atoms with E-state index in [1.54, 1.807) is 16.8 Å². The van der Waals surface area contributed by atoms with E-state index in [0.717, 1.165) is 11.1 Å². The fourth-order valence-corrected chi connectivity index (χ4v) is 2.67. The molecule has 3 rings (SSSR count). The van der Waals surface area contributed by atoms with Crippen molar-refractivity contribution in [3.63, 3.8) is 0 Å². The molecule has 24 heavy (non-hydrogen) atoms. The van der Waals surface area contributed by atoms with Gasteiger partial charge in [0.05, 0.1) is 23.9 Å². The SMILES string of the molecule is Cc1ccc([C@@H](CCO)n2cc(-c3cccc(C#N)c3)nn2)cc1. The fraction of sp³-hybridized carbons (Fsp3) is 0.211. The molecule has 0 fully saturated rings. The van der Waals surface area contributed by atoms with Crippen molar-refractivity contribution in [2.24, 2.45) is 0 Å². The van der Waals surface area contributed by atoms with Gasteiger partial charge in [0, 0.05) is 12.2 Å². The molecular weight excluding hydrogens is 300 g/mol. The van der Waals surface area contributed by atoms with Crippen LogP contribution >= 0.6 is 0 Å². The maximum atomic E-state index is 9.41. The van der Waals surface area contributed by atoms with E-state index in [2.05, 4.69) is 16.4 Å². The number of nitrogens with zero attached hydrogens (tertiary/aromatic N) is 4. The lowest BCUT2D eigenvalue weighted by Gasteiger charge is -2.16. The van der Waals surface area contributed by atoms with Crippen LogP contribution in [0.15, 0.2) is 54.7 Å². The Morgan fingerprint density at radius 2 is 2.00 bits per heavy atom. The molecule has 5 heteroatoms. The first kappa shape index (κ1) is 15.9. The maximum absolute atomic E-state index is 9.41. The van der Waals surface area contributed by atoms with Crippen molar-refractivity contribution in [3.05, 3.63) is 71.4 Å². The first-order valence-electron chi connectivity index (χ1n) is 7.81. The molecule has 1 N–H and O–H groups in total. The Kier molecular flexibility index (Phi) is 4.69. The second-order valence-electron chi connectivity index (χ2n) is 5.72. The number of benzene rings is 2. The molecule has 0 aliphatic rings. The highest BCUT2D eigenvalue weighted by molar-refractivity contribution is 5.60. The van der Waals surface area contributed by atoms with Crippen LogP contribution in [-0.4, -0.2) is 26.7 Å². The summed E-state index contributed by atoms with van der Waals surface area (Å²) in [6.45, 7) is 2.11. The first-order chi connectivity index (χ1) is 11.7. The average Bonchev–Trinajstić information content (AvgIpc) is 3.10. The predicted octanol–water partition coefficient (Wildman–Crippen LogP) is 3.10. The van der Waals surface area contributed by atoms with Gasteiger partial charge >= 0.3 is 0 Å². The minimum Gasteiger partial charge on any atom is -0.396 e. The highest BCUT2D eigenvalue weighted by Crippen LogP contribution is 2.24. The van der Waals surface area contributed by atoms with Crippen molar-refractivity contribution in [3.8, 4) is 17.3 Å². The minimum atomic E-state index is -0.0731. The number of aliphatic hydroxyl groups is 1. The van der Waals surface area contributed by atoms with Crippen LogP contribution in [0.2, 0.25) is 0 Å². The Balaban J connectivity index is 1.94. The van der Waals surface area contributed by atoms with Gasteiger partial charge in [-0.1, -0.05) is 47.2 Å². The normalized spacial score (nSPS) is 11.9. The third-order valence-electron chi connectivity index (χ3n) is 3.98. The Morgan fingerprint density at radius 3 is 2.71 bits per heavy atom. The standard InChI is InChI=1S/C19H18N4O/c1-14-5-7-16(8-6-14)19(9-10-24)23-13-18(21-22-23)17-4-2-3-15(11-17)12-20/h2-8,11,13,19,24H,9-10H2,1H3/t19-/m1/s1. The number of hydrogen-bond donors (Lipinski definition) is 1. The molecule has 1 atom stereocenters. The molecule has 0 amide bonds. The molecule has 1 heterocycles. The van der Waals surface area contributed by atoms with E-state index >= 15 is 0 Å². The zero-order valence-corrected chi connectivity index (χ0v) is 13.4. The number of aryl methyl sites for hydroxylation is 1. The molecule has 3 aromatic rings. The number of nitriles is 1. The van der Waals surface area contributed by atoms with Crippen LogP contribution in [0.1, 0.15) is 29.2 Å². The van der Waals surface area contributed by atoms with Crippen molar-refractivity contribution in [1.82, 2.24) is 15.0 Å². The lowest BCUT2D eigenvalue weighted by Crippen LogP contribution is -2.13.